The Hall–Kier alpha value is -1.60. The van der Waals surface area contributed by atoms with Gasteiger partial charge in [0.1, 0.15) is 11.3 Å². The highest BCUT2D eigenvalue weighted by atomic mass is 32.2. The van der Waals surface area contributed by atoms with Crippen molar-refractivity contribution in [1.29, 1.82) is 0 Å². The van der Waals surface area contributed by atoms with Gasteiger partial charge in [-0.1, -0.05) is 13.8 Å². The number of benzene rings is 1. The Kier molecular flexibility index (Phi) is 6.17. The predicted molar refractivity (Wildman–Crippen MR) is 79.3 cm³/mol. The van der Waals surface area contributed by atoms with E-state index in [9.17, 15) is 18.3 Å². The molecule has 0 radical (unpaired) electrons. The number of carboxylic acids is 1. The molecule has 1 N–H and O–H groups in total. The second kappa shape index (κ2) is 7.42. The van der Waals surface area contributed by atoms with Gasteiger partial charge in [-0.3, -0.25) is 0 Å². The summed E-state index contributed by atoms with van der Waals surface area (Å²) in [5, 5.41) is 9.19. The Morgan fingerprint density at radius 3 is 2.43 bits per heavy atom. The molecule has 1 rings (SSSR count). The summed E-state index contributed by atoms with van der Waals surface area (Å²) in [6.07, 6.45) is 0.690. The molecule has 0 aromatic heterocycles. The Bertz CT molecular complexity index is 597. The monoisotopic (exact) mass is 315 g/mol. The minimum Gasteiger partial charge on any atom is -0.493 e. The first-order chi connectivity index (χ1) is 9.88. The number of ether oxygens (including phenoxy) is 1. The number of hydrogen-bond donors (Lipinski definition) is 1. The normalized spacial score (nSPS) is 11.6. The molecule has 0 heterocycles. The van der Waals surface area contributed by atoms with E-state index in [0.717, 1.165) is 6.07 Å². The van der Waals surface area contributed by atoms with Gasteiger partial charge in [-0.05, 0) is 31.5 Å². The van der Waals surface area contributed by atoms with E-state index in [1.54, 1.807) is 13.8 Å². The third-order valence-corrected chi connectivity index (χ3v) is 4.92. The van der Waals surface area contributed by atoms with Gasteiger partial charge in [0.2, 0.25) is 10.0 Å². The predicted octanol–water partition coefficient (Wildman–Crippen LogP) is 2.20. The lowest BCUT2D eigenvalue weighted by molar-refractivity contribution is 0.0692. The van der Waals surface area contributed by atoms with Crippen LogP contribution < -0.4 is 4.74 Å². The largest absolute Gasteiger partial charge is 0.493 e. The Morgan fingerprint density at radius 2 is 1.95 bits per heavy atom. The van der Waals surface area contributed by atoms with E-state index in [1.807, 2.05) is 6.92 Å². The average molecular weight is 315 g/mol. The van der Waals surface area contributed by atoms with Crippen molar-refractivity contribution in [2.45, 2.75) is 32.1 Å². The number of carbonyl (C=O) groups is 1. The fraction of sp³-hybridized carbons (Fsp3) is 0.500. The van der Waals surface area contributed by atoms with Crippen molar-refractivity contribution in [3.8, 4) is 5.75 Å². The summed E-state index contributed by atoms with van der Waals surface area (Å²) < 4.78 is 31.5. The number of hydrogen-bond acceptors (Lipinski definition) is 4. The highest BCUT2D eigenvalue weighted by Crippen LogP contribution is 2.25. The topological polar surface area (TPSA) is 83.9 Å². The molecule has 118 valence electrons. The second-order valence-electron chi connectivity index (χ2n) is 4.39. The minimum absolute atomic E-state index is 0.0290. The summed E-state index contributed by atoms with van der Waals surface area (Å²) in [7, 11) is -3.69. The lowest BCUT2D eigenvalue weighted by atomic mass is 10.2. The molecule has 0 spiro atoms. The Balaban J connectivity index is 3.30. The van der Waals surface area contributed by atoms with Crippen LogP contribution in [0.2, 0.25) is 0 Å². The van der Waals surface area contributed by atoms with Crippen molar-refractivity contribution in [2.75, 3.05) is 19.7 Å². The van der Waals surface area contributed by atoms with Gasteiger partial charge in [0.25, 0.3) is 0 Å². The molecule has 0 saturated heterocycles. The smallest absolute Gasteiger partial charge is 0.339 e. The molecule has 1 aromatic rings. The van der Waals surface area contributed by atoms with Crippen LogP contribution in [-0.4, -0.2) is 43.5 Å². The first-order valence-corrected chi connectivity index (χ1v) is 8.32. The van der Waals surface area contributed by atoms with E-state index in [1.165, 1.54) is 16.4 Å². The van der Waals surface area contributed by atoms with E-state index < -0.39 is 16.0 Å². The van der Waals surface area contributed by atoms with Crippen LogP contribution >= 0.6 is 0 Å². The van der Waals surface area contributed by atoms with Crippen LogP contribution in [0.15, 0.2) is 23.1 Å². The maximum absolute atomic E-state index is 12.5. The van der Waals surface area contributed by atoms with Crippen molar-refractivity contribution in [3.05, 3.63) is 23.8 Å². The summed E-state index contributed by atoms with van der Waals surface area (Å²) in [5.74, 6) is -1.04. The number of nitrogens with zero attached hydrogens (tertiary/aromatic N) is 1. The van der Waals surface area contributed by atoms with E-state index in [4.69, 9.17) is 4.74 Å². The third kappa shape index (κ3) is 3.95. The van der Waals surface area contributed by atoms with Gasteiger partial charge in [-0.2, -0.15) is 4.31 Å². The first-order valence-electron chi connectivity index (χ1n) is 6.88. The number of rotatable bonds is 8. The lowest BCUT2D eigenvalue weighted by Crippen LogP contribution is -2.31. The third-order valence-electron chi connectivity index (χ3n) is 2.94. The fourth-order valence-electron chi connectivity index (χ4n) is 1.96. The molecule has 7 heteroatoms. The maximum atomic E-state index is 12.5. The molecule has 0 atom stereocenters. The minimum atomic E-state index is -3.69. The van der Waals surface area contributed by atoms with Gasteiger partial charge in [0.05, 0.1) is 11.5 Å². The SMILES string of the molecule is CCCN(CC)S(=O)(=O)c1ccc(OCC)c(C(=O)O)c1. The van der Waals surface area contributed by atoms with E-state index in [2.05, 4.69) is 0 Å². The molecule has 0 bridgehead atoms. The molecular formula is C14H21NO5S. The van der Waals surface area contributed by atoms with Crippen LogP contribution in [0.1, 0.15) is 37.6 Å². The maximum Gasteiger partial charge on any atom is 0.339 e. The highest BCUT2D eigenvalue weighted by molar-refractivity contribution is 7.89. The molecule has 0 aliphatic heterocycles. The van der Waals surface area contributed by atoms with Gasteiger partial charge in [0.15, 0.2) is 0 Å². The number of aromatic carboxylic acids is 1. The van der Waals surface area contributed by atoms with Crippen molar-refractivity contribution >= 4 is 16.0 Å². The molecule has 0 unspecified atom stereocenters. The fourth-order valence-corrected chi connectivity index (χ4v) is 3.53. The quantitative estimate of drug-likeness (QED) is 0.795. The number of carboxylic acid groups (broad SMARTS) is 1. The highest BCUT2D eigenvalue weighted by Gasteiger charge is 2.24. The molecule has 1 aromatic carbocycles. The second-order valence-corrected chi connectivity index (χ2v) is 6.33. The molecule has 21 heavy (non-hydrogen) atoms. The molecule has 6 nitrogen and oxygen atoms in total. The molecule has 0 amide bonds. The summed E-state index contributed by atoms with van der Waals surface area (Å²) in [6.45, 7) is 6.42. The van der Waals surface area contributed by atoms with Crippen LogP contribution in [0.25, 0.3) is 0 Å². The van der Waals surface area contributed by atoms with Crippen LogP contribution in [0.3, 0.4) is 0 Å². The zero-order valence-corrected chi connectivity index (χ0v) is 13.3. The van der Waals surface area contributed by atoms with Gasteiger partial charge in [0, 0.05) is 13.1 Å². The molecule has 0 aliphatic rings. The molecular weight excluding hydrogens is 294 g/mol. The molecule has 0 saturated carbocycles. The summed E-state index contributed by atoms with van der Waals surface area (Å²) in [5.41, 5.74) is -0.148. The number of sulfonamides is 1. The lowest BCUT2D eigenvalue weighted by Gasteiger charge is -2.20. The Morgan fingerprint density at radius 1 is 1.29 bits per heavy atom. The molecule has 0 fully saturated rings. The van der Waals surface area contributed by atoms with Gasteiger partial charge in [-0.25, -0.2) is 13.2 Å². The van der Waals surface area contributed by atoms with E-state index in [0.29, 0.717) is 26.1 Å². The van der Waals surface area contributed by atoms with E-state index in [-0.39, 0.29) is 16.2 Å². The summed E-state index contributed by atoms with van der Waals surface area (Å²) in [6, 6.07) is 3.92. The van der Waals surface area contributed by atoms with Gasteiger partial charge >= 0.3 is 5.97 Å². The van der Waals surface area contributed by atoms with Crippen LogP contribution in [0.5, 0.6) is 5.75 Å². The van der Waals surface area contributed by atoms with Crippen molar-refractivity contribution in [1.82, 2.24) is 4.31 Å². The van der Waals surface area contributed by atoms with Crippen molar-refractivity contribution in [3.63, 3.8) is 0 Å². The van der Waals surface area contributed by atoms with Crippen molar-refractivity contribution in [2.24, 2.45) is 0 Å². The summed E-state index contributed by atoms with van der Waals surface area (Å²) >= 11 is 0. The van der Waals surface area contributed by atoms with Crippen LogP contribution in [-0.2, 0) is 10.0 Å². The zero-order valence-electron chi connectivity index (χ0n) is 12.5. The molecule has 0 aliphatic carbocycles. The van der Waals surface area contributed by atoms with Crippen LogP contribution in [0, 0.1) is 0 Å². The van der Waals surface area contributed by atoms with Crippen molar-refractivity contribution < 1.29 is 23.1 Å². The van der Waals surface area contributed by atoms with E-state index >= 15 is 0 Å². The standard InChI is InChI=1S/C14H21NO5S/c1-4-9-15(5-2)21(18,19)11-7-8-13(20-6-3)12(10-11)14(16)17/h7-8,10H,4-6,9H2,1-3H3,(H,16,17). The summed E-state index contributed by atoms with van der Waals surface area (Å²) in [4.78, 5) is 11.2. The average Bonchev–Trinajstić information content (AvgIpc) is 2.44. The Labute approximate surface area is 125 Å². The van der Waals surface area contributed by atoms with Gasteiger partial charge in [-0.15, -0.1) is 0 Å². The first kappa shape index (κ1) is 17.5. The zero-order chi connectivity index (χ0) is 16.0. The van der Waals surface area contributed by atoms with Gasteiger partial charge < -0.3 is 9.84 Å². The van der Waals surface area contributed by atoms with Crippen LogP contribution in [0.4, 0.5) is 0 Å².